The lowest BCUT2D eigenvalue weighted by molar-refractivity contribution is 0.0927. The number of carbonyl (C=O) groups excluding carboxylic acids is 1. The smallest absolute Gasteiger partial charge is 0.287 e. The van der Waals surface area contributed by atoms with Gasteiger partial charge in [-0.1, -0.05) is 12.1 Å². The van der Waals surface area contributed by atoms with Crippen molar-refractivity contribution in [3.05, 3.63) is 75.9 Å². The maximum atomic E-state index is 13.1. The summed E-state index contributed by atoms with van der Waals surface area (Å²) >= 11 is 0. The van der Waals surface area contributed by atoms with Crippen molar-refractivity contribution in [1.29, 1.82) is 0 Å². The van der Waals surface area contributed by atoms with Crippen LogP contribution in [-0.4, -0.2) is 19.6 Å². The first-order valence-corrected chi connectivity index (χ1v) is 7.71. The predicted octanol–water partition coefficient (Wildman–Crippen LogP) is 2.91. The third kappa shape index (κ3) is 3.85. The summed E-state index contributed by atoms with van der Waals surface area (Å²) in [5.41, 5.74) is 0.742. The molecule has 128 valence electrons. The van der Waals surface area contributed by atoms with Crippen LogP contribution >= 0.6 is 0 Å². The third-order valence-corrected chi connectivity index (χ3v) is 3.75. The van der Waals surface area contributed by atoms with Gasteiger partial charge in [0.1, 0.15) is 17.1 Å². The Balaban J connectivity index is 1.74. The van der Waals surface area contributed by atoms with Gasteiger partial charge >= 0.3 is 0 Å². The second-order valence-corrected chi connectivity index (χ2v) is 5.47. The molecule has 0 atom stereocenters. The van der Waals surface area contributed by atoms with Gasteiger partial charge in [-0.15, -0.1) is 0 Å². The van der Waals surface area contributed by atoms with Crippen molar-refractivity contribution in [2.75, 3.05) is 13.7 Å². The fraction of sp³-hybridized carbons (Fsp3) is 0.158. The molecule has 2 aromatic carbocycles. The topological polar surface area (TPSA) is 68.5 Å². The van der Waals surface area contributed by atoms with Crippen LogP contribution in [-0.2, 0) is 6.42 Å². The van der Waals surface area contributed by atoms with Gasteiger partial charge in [-0.25, -0.2) is 4.39 Å². The Bertz CT molecular complexity index is 981. The SMILES string of the molecule is COc1ccc2c(=O)cc(C(=O)NCCc3cccc(F)c3)oc2c1. The van der Waals surface area contributed by atoms with E-state index in [9.17, 15) is 14.0 Å². The van der Waals surface area contributed by atoms with Gasteiger partial charge in [-0.05, 0) is 36.2 Å². The van der Waals surface area contributed by atoms with Crippen molar-refractivity contribution in [3.8, 4) is 5.75 Å². The number of carbonyl (C=O) groups is 1. The molecular formula is C19H16FNO4. The number of hydrogen-bond donors (Lipinski definition) is 1. The van der Waals surface area contributed by atoms with Gasteiger partial charge in [0, 0.05) is 18.7 Å². The molecule has 3 aromatic rings. The number of fused-ring (bicyclic) bond motifs is 1. The van der Waals surface area contributed by atoms with Gasteiger partial charge in [-0.3, -0.25) is 9.59 Å². The fourth-order valence-corrected chi connectivity index (χ4v) is 2.47. The number of amides is 1. The summed E-state index contributed by atoms with van der Waals surface area (Å²) in [5, 5.41) is 3.03. The maximum Gasteiger partial charge on any atom is 0.287 e. The second-order valence-electron chi connectivity index (χ2n) is 5.47. The Kier molecular flexibility index (Phi) is 4.79. The molecule has 5 nitrogen and oxygen atoms in total. The standard InChI is InChI=1S/C19H16FNO4/c1-24-14-5-6-15-16(22)11-18(25-17(15)10-14)19(23)21-8-7-12-3-2-4-13(20)9-12/h2-6,9-11H,7-8H2,1H3,(H,21,23). The lowest BCUT2D eigenvalue weighted by atomic mass is 10.1. The van der Waals surface area contributed by atoms with Crippen molar-refractivity contribution in [2.45, 2.75) is 6.42 Å². The molecule has 0 radical (unpaired) electrons. The number of ether oxygens (including phenoxy) is 1. The van der Waals surface area contributed by atoms with Crippen molar-refractivity contribution in [2.24, 2.45) is 0 Å². The van der Waals surface area contributed by atoms with Gasteiger partial charge < -0.3 is 14.5 Å². The molecule has 6 heteroatoms. The number of methoxy groups -OCH3 is 1. The Hall–Kier alpha value is -3.15. The van der Waals surface area contributed by atoms with E-state index in [0.717, 1.165) is 11.6 Å². The minimum Gasteiger partial charge on any atom is -0.497 e. The van der Waals surface area contributed by atoms with Gasteiger partial charge in [0.15, 0.2) is 11.2 Å². The normalized spacial score (nSPS) is 10.6. The van der Waals surface area contributed by atoms with Gasteiger partial charge in [0.25, 0.3) is 5.91 Å². The minimum atomic E-state index is -0.502. The molecule has 1 aromatic heterocycles. The summed E-state index contributed by atoms with van der Waals surface area (Å²) in [4.78, 5) is 24.3. The Labute approximate surface area is 143 Å². The fourth-order valence-electron chi connectivity index (χ4n) is 2.47. The molecule has 1 heterocycles. The summed E-state index contributed by atoms with van der Waals surface area (Å²) in [7, 11) is 1.50. The van der Waals surface area contributed by atoms with Crippen LogP contribution < -0.4 is 15.5 Å². The molecule has 0 saturated heterocycles. The summed E-state index contributed by atoms with van der Waals surface area (Å²) in [6, 6.07) is 12.1. The first-order valence-electron chi connectivity index (χ1n) is 7.71. The van der Waals surface area contributed by atoms with Crippen molar-refractivity contribution in [1.82, 2.24) is 5.32 Å². The van der Waals surface area contributed by atoms with Crippen molar-refractivity contribution >= 4 is 16.9 Å². The number of nitrogens with one attached hydrogen (secondary N) is 1. The zero-order chi connectivity index (χ0) is 17.8. The van der Waals surface area contributed by atoms with Gasteiger partial charge in [-0.2, -0.15) is 0 Å². The second kappa shape index (κ2) is 7.17. The molecule has 0 aliphatic heterocycles. The van der Waals surface area contributed by atoms with Crippen LogP contribution in [0.3, 0.4) is 0 Å². The van der Waals surface area contributed by atoms with E-state index in [1.54, 1.807) is 30.3 Å². The molecule has 25 heavy (non-hydrogen) atoms. The average molecular weight is 341 g/mol. The van der Waals surface area contributed by atoms with E-state index in [4.69, 9.17) is 9.15 Å². The largest absolute Gasteiger partial charge is 0.497 e. The number of benzene rings is 2. The first-order chi connectivity index (χ1) is 12.1. The molecular weight excluding hydrogens is 325 g/mol. The molecule has 3 rings (SSSR count). The lowest BCUT2D eigenvalue weighted by Crippen LogP contribution is -2.26. The van der Waals surface area contributed by atoms with E-state index < -0.39 is 5.91 Å². The highest BCUT2D eigenvalue weighted by molar-refractivity contribution is 5.93. The number of rotatable bonds is 5. The average Bonchev–Trinajstić information content (AvgIpc) is 2.61. The van der Waals surface area contributed by atoms with E-state index in [1.165, 1.54) is 19.2 Å². The van der Waals surface area contributed by atoms with E-state index in [2.05, 4.69) is 5.32 Å². The van der Waals surface area contributed by atoms with Crippen molar-refractivity contribution < 1.29 is 18.3 Å². The van der Waals surface area contributed by atoms with Crippen LogP contribution in [0.4, 0.5) is 4.39 Å². The monoisotopic (exact) mass is 341 g/mol. The van der Waals surface area contributed by atoms with Crippen molar-refractivity contribution in [3.63, 3.8) is 0 Å². The zero-order valence-corrected chi connectivity index (χ0v) is 13.5. The summed E-state index contributed by atoms with van der Waals surface area (Å²) < 4.78 is 23.7. The van der Waals surface area contributed by atoms with Gasteiger partial charge in [0.05, 0.1) is 12.5 Å². The van der Waals surface area contributed by atoms with E-state index in [1.807, 2.05) is 0 Å². The lowest BCUT2D eigenvalue weighted by Gasteiger charge is -2.06. The molecule has 0 saturated carbocycles. The van der Waals surface area contributed by atoms with Crippen LogP contribution in [0.1, 0.15) is 16.1 Å². The summed E-state index contributed by atoms with van der Waals surface area (Å²) in [5.74, 6) is -0.374. The molecule has 0 aliphatic rings. The highest BCUT2D eigenvalue weighted by atomic mass is 19.1. The van der Waals surface area contributed by atoms with Crippen LogP contribution in [0, 0.1) is 5.82 Å². The zero-order valence-electron chi connectivity index (χ0n) is 13.5. The molecule has 0 spiro atoms. The minimum absolute atomic E-state index is 0.0787. The maximum absolute atomic E-state index is 13.1. The molecule has 0 bridgehead atoms. The Morgan fingerprint density at radius 2 is 2.04 bits per heavy atom. The molecule has 0 unspecified atom stereocenters. The number of halogens is 1. The molecule has 0 aliphatic carbocycles. The molecule has 1 amide bonds. The first kappa shape index (κ1) is 16.7. The molecule has 0 fully saturated rings. The van der Waals surface area contributed by atoms with Crippen LogP contribution in [0.25, 0.3) is 11.0 Å². The predicted molar refractivity (Wildman–Crippen MR) is 91.5 cm³/mol. The van der Waals surface area contributed by atoms with E-state index in [-0.39, 0.29) is 22.6 Å². The van der Waals surface area contributed by atoms with Crippen LogP contribution in [0.2, 0.25) is 0 Å². The summed E-state index contributed by atoms with van der Waals surface area (Å²) in [6.45, 7) is 0.294. The van der Waals surface area contributed by atoms with E-state index >= 15 is 0 Å². The highest BCUT2D eigenvalue weighted by Gasteiger charge is 2.12. The quantitative estimate of drug-likeness (QED) is 0.775. The van der Waals surface area contributed by atoms with Crippen LogP contribution in [0.15, 0.2) is 57.7 Å². The van der Waals surface area contributed by atoms with E-state index in [0.29, 0.717) is 24.1 Å². The van der Waals surface area contributed by atoms with Gasteiger partial charge in [0.2, 0.25) is 0 Å². The molecule has 1 N–H and O–H groups in total. The highest BCUT2D eigenvalue weighted by Crippen LogP contribution is 2.19. The van der Waals surface area contributed by atoms with Crippen LogP contribution in [0.5, 0.6) is 5.75 Å². The third-order valence-electron chi connectivity index (χ3n) is 3.75. The summed E-state index contributed by atoms with van der Waals surface area (Å²) in [6.07, 6.45) is 0.467. The number of hydrogen-bond acceptors (Lipinski definition) is 4. The Morgan fingerprint density at radius 1 is 1.20 bits per heavy atom. The Morgan fingerprint density at radius 3 is 2.80 bits per heavy atom.